The predicted molar refractivity (Wildman–Crippen MR) is 100 cm³/mol. The van der Waals surface area contributed by atoms with Gasteiger partial charge in [-0.05, 0) is 45.6 Å². The number of hydrogen-bond acceptors (Lipinski definition) is 4. The summed E-state index contributed by atoms with van der Waals surface area (Å²) >= 11 is 0. The zero-order valence-electron chi connectivity index (χ0n) is 16.0. The first-order valence-electron chi connectivity index (χ1n) is 9.22. The van der Waals surface area contributed by atoms with E-state index in [1.54, 1.807) is 4.90 Å². The Morgan fingerprint density at radius 3 is 2.35 bits per heavy atom. The Labute approximate surface area is 155 Å². The number of nitrogens with zero attached hydrogens (tertiary/aromatic N) is 2. The highest BCUT2D eigenvalue weighted by Gasteiger charge is 2.30. The molecule has 144 valence electrons. The van der Waals surface area contributed by atoms with Crippen molar-refractivity contribution < 1.29 is 19.4 Å². The van der Waals surface area contributed by atoms with E-state index in [-0.39, 0.29) is 18.7 Å². The molecule has 1 fully saturated rings. The fourth-order valence-electron chi connectivity index (χ4n) is 3.22. The van der Waals surface area contributed by atoms with Gasteiger partial charge in [0.05, 0.1) is 6.54 Å². The average Bonchev–Trinajstić information content (AvgIpc) is 2.58. The second-order valence-corrected chi connectivity index (χ2v) is 7.80. The highest BCUT2D eigenvalue weighted by atomic mass is 16.6. The number of benzene rings is 1. The minimum Gasteiger partial charge on any atom is -0.480 e. The van der Waals surface area contributed by atoms with Crippen LogP contribution < -0.4 is 0 Å². The fraction of sp³-hybridized carbons (Fsp3) is 0.600. The second-order valence-electron chi connectivity index (χ2n) is 7.80. The largest absolute Gasteiger partial charge is 0.480 e. The summed E-state index contributed by atoms with van der Waals surface area (Å²) in [5, 5.41) is 9.25. The van der Waals surface area contributed by atoms with Crippen LogP contribution >= 0.6 is 0 Å². The SMILES string of the molecule is CC(C)(C)OC(=O)N1CCC(N(CCc2ccccc2)CC(=O)O)CC1. The molecule has 26 heavy (non-hydrogen) atoms. The van der Waals surface area contributed by atoms with Gasteiger partial charge in [-0.1, -0.05) is 30.3 Å². The van der Waals surface area contributed by atoms with Crippen molar-refractivity contribution in [3.63, 3.8) is 0 Å². The van der Waals surface area contributed by atoms with Gasteiger partial charge in [0.1, 0.15) is 5.60 Å². The summed E-state index contributed by atoms with van der Waals surface area (Å²) < 4.78 is 5.42. The van der Waals surface area contributed by atoms with Crippen LogP contribution in [-0.2, 0) is 16.0 Å². The average molecular weight is 362 g/mol. The molecule has 1 heterocycles. The van der Waals surface area contributed by atoms with E-state index in [0.29, 0.717) is 19.6 Å². The van der Waals surface area contributed by atoms with Gasteiger partial charge in [0, 0.05) is 25.7 Å². The van der Waals surface area contributed by atoms with Crippen molar-refractivity contribution in [1.82, 2.24) is 9.80 Å². The van der Waals surface area contributed by atoms with Crippen LogP contribution in [0.1, 0.15) is 39.2 Å². The number of ether oxygens (including phenoxy) is 1. The number of carboxylic acid groups (broad SMARTS) is 1. The number of likely N-dealkylation sites (tertiary alicyclic amines) is 1. The minimum atomic E-state index is -0.812. The van der Waals surface area contributed by atoms with Gasteiger partial charge >= 0.3 is 12.1 Å². The first-order chi connectivity index (χ1) is 12.2. The lowest BCUT2D eigenvalue weighted by atomic mass is 10.0. The number of amides is 1. The van der Waals surface area contributed by atoms with Crippen LogP contribution in [0.3, 0.4) is 0 Å². The van der Waals surface area contributed by atoms with Gasteiger partial charge in [0.15, 0.2) is 0 Å². The molecule has 0 aromatic heterocycles. The molecule has 0 spiro atoms. The number of carbonyl (C=O) groups excluding carboxylic acids is 1. The highest BCUT2D eigenvalue weighted by Crippen LogP contribution is 2.19. The maximum absolute atomic E-state index is 12.2. The smallest absolute Gasteiger partial charge is 0.410 e. The van der Waals surface area contributed by atoms with E-state index in [1.807, 2.05) is 43.9 Å². The molecule has 0 unspecified atom stereocenters. The molecule has 0 bridgehead atoms. The zero-order valence-corrected chi connectivity index (χ0v) is 16.0. The van der Waals surface area contributed by atoms with Crippen molar-refractivity contribution in [1.29, 1.82) is 0 Å². The molecule has 1 saturated heterocycles. The van der Waals surface area contributed by atoms with E-state index in [1.165, 1.54) is 5.56 Å². The normalized spacial score (nSPS) is 15.9. The number of carboxylic acids is 1. The summed E-state index contributed by atoms with van der Waals surface area (Å²) in [7, 11) is 0. The topological polar surface area (TPSA) is 70.1 Å². The van der Waals surface area contributed by atoms with Crippen molar-refractivity contribution in [3.8, 4) is 0 Å². The lowest BCUT2D eigenvalue weighted by molar-refractivity contribution is -0.139. The van der Waals surface area contributed by atoms with Crippen molar-refractivity contribution in [2.75, 3.05) is 26.2 Å². The third-order valence-electron chi connectivity index (χ3n) is 4.50. The number of hydrogen-bond donors (Lipinski definition) is 1. The van der Waals surface area contributed by atoms with Crippen molar-refractivity contribution >= 4 is 12.1 Å². The molecule has 2 rings (SSSR count). The van der Waals surface area contributed by atoms with E-state index in [4.69, 9.17) is 4.74 Å². The standard InChI is InChI=1S/C20H30N2O4/c1-20(2,3)26-19(25)21-13-10-17(11-14-21)22(15-18(23)24)12-9-16-7-5-4-6-8-16/h4-8,17H,9-15H2,1-3H3,(H,23,24). The van der Waals surface area contributed by atoms with Gasteiger partial charge in [-0.3, -0.25) is 9.69 Å². The summed E-state index contributed by atoms with van der Waals surface area (Å²) in [6, 6.07) is 10.3. The van der Waals surface area contributed by atoms with E-state index in [0.717, 1.165) is 19.3 Å². The molecule has 1 N–H and O–H groups in total. The Hall–Kier alpha value is -2.08. The summed E-state index contributed by atoms with van der Waals surface area (Å²) in [6.45, 7) is 7.50. The molecule has 1 aromatic rings. The van der Waals surface area contributed by atoms with Gasteiger partial charge in [-0.25, -0.2) is 4.79 Å². The van der Waals surface area contributed by atoms with Gasteiger partial charge in [-0.15, -0.1) is 0 Å². The minimum absolute atomic E-state index is 0.0317. The third-order valence-corrected chi connectivity index (χ3v) is 4.50. The first kappa shape index (κ1) is 20.2. The molecule has 1 aliphatic heterocycles. The Morgan fingerprint density at radius 2 is 1.81 bits per heavy atom. The Kier molecular flexibility index (Phi) is 7.03. The van der Waals surface area contributed by atoms with E-state index in [9.17, 15) is 14.7 Å². The first-order valence-corrected chi connectivity index (χ1v) is 9.22. The summed E-state index contributed by atoms with van der Waals surface area (Å²) in [5.41, 5.74) is 0.702. The van der Waals surface area contributed by atoms with Gasteiger partial charge in [0.2, 0.25) is 0 Å². The van der Waals surface area contributed by atoms with Crippen LogP contribution in [0.25, 0.3) is 0 Å². The van der Waals surface area contributed by atoms with Crippen LogP contribution in [0.15, 0.2) is 30.3 Å². The maximum atomic E-state index is 12.2. The number of aliphatic carboxylic acids is 1. The summed E-state index contributed by atoms with van der Waals surface area (Å²) in [6.07, 6.45) is 2.06. The molecule has 1 amide bonds. The number of rotatable bonds is 6. The molecule has 6 heteroatoms. The van der Waals surface area contributed by atoms with Gasteiger partial charge < -0.3 is 14.7 Å². The molecular weight excluding hydrogens is 332 g/mol. The van der Waals surface area contributed by atoms with Crippen LogP contribution in [0.5, 0.6) is 0 Å². The van der Waals surface area contributed by atoms with E-state index in [2.05, 4.69) is 12.1 Å². The summed E-state index contributed by atoms with van der Waals surface area (Å²) in [5.74, 6) is -0.812. The van der Waals surface area contributed by atoms with Crippen LogP contribution in [0.4, 0.5) is 4.79 Å². The molecule has 0 aliphatic carbocycles. The molecule has 1 aliphatic rings. The fourth-order valence-corrected chi connectivity index (χ4v) is 3.22. The Balaban J connectivity index is 1.89. The molecule has 1 aromatic carbocycles. The van der Waals surface area contributed by atoms with Crippen molar-refractivity contribution in [2.24, 2.45) is 0 Å². The monoisotopic (exact) mass is 362 g/mol. The molecular formula is C20H30N2O4. The predicted octanol–water partition coefficient (Wildman–Crippen LogP) is 3.02. The van der Waals surface area contributed by atoms with E-state index >= 15 is 0 Å². The number of piperidine rings is 1. The quantitative estimate of drug-likeness (QED) is 0.842. The molecule has 0 saturated carbocycles. The van der Waals surface area contributed by atoms with Crippen molar-refractivity contribution in [2.45, 2.75) is 51.7 Å². The lowest BCUT2D eigenvalue weighted by Crippen LogP contribution is -2.49. The zero-order chi connectivity index (χ0) is 19.2. The maximum Gasteiger partial charge on any atom is 0.410 e. The number of carbonyl (C=O) groups is 2. The molecule has 0 atom stereocenters. The van der Waals surface area contributed by atoms with Crippen molar-refractivity contribution in [3.05, 3.63) is 35.9 Å². The Bertz CT molecular complexity index is 590. The summed E-state index contributed by atoms with van der Waals surface area (Å²) in [4.78, 5) is 27.2. The molecule has 0 radical (unpaired) electrons. The Morgan fingerprint density at radius 1 is 1.19 bits per heavy atom. The van der Waals surface area contributed by atoms with Crippen LogP contribution in [0.2, 0.25) is 0 Å². The van der Waals surface area contributed by atoms with E-state index < -0.39 is 11.6 Å². The van der Waals surface area contributed by atoms with Crippen LogP contribution in [0, 0.1) is 0 Å². The lowest BCUT2D eigenvalue weighted by Gasteiger charge is -2.38. The second kappa shape index (κ2) is 9.03. The highest BCUT2D eigenvalue weighted by molar-refractivity contribution is 5.69. The van der Waals surface area contributed by atoms with Gasteiger partial charge in [-0.2, -0.15) is 0 Å². The van der Waals surface area contributed by atoms with Gasteiger partial charge in [0.25, 0.3) is 0 Å². The van der Waals surface area contributed by atoms with Crippen LogP contribution in [-0.4, -0.2) is 64.8 Å². The molecule has 6 nitrogen and oxygen atoms in total. The third kappa shape index (κ3) is 6.67.